The molecule has 0 saturated carbocycles. The third-order valence-electron chi connectivity index (χ3n) is 1.67. The average molecular weight is 225 g/mol. The van der Waals surface area contributed by atoms with Crippen LogP contribution in [0.3, 0.4) is 0 Å². The Kier molecular flexibility index (Phi) is 4.33. The Hall–Kier alpha value is -1.33. The topological polar surface area (TPSA) is 36.5 Å². The van der Waals surface area contributed by atoms with Crippen molar-refractivity contribution in [2.24, 2.45) is 0 Å². The molecule has 82 valence electrons. The number of methoxy groups -OCH3 is 1. The fourth-order valence-electron chi connectivity index (χ4n) is 1.04. The zero-order valence-corrected chi connectivity index (χ0v) is 9.89. The van der Waals surface area contributed by atoms with E-state index in [1.807, 2.05) is 38.4 Å². The number of hydrogen-bond donors (Lipinski definition) is 2. The lowest BCUT2D eigenvalue weighted by atomic mass is 10.3. The molecule has 0 unspecified atom stereocenters. The van der Waals surface area contributed by atoms with Crippen molar-refractivity contribution in [1.29, 1.82) is 0 Å². The zero-order chi connectivity index (χ0) is 11.3. The molecule has 0 aromatic heterocycles. The van der Waals surface area contributed by atoms with Crippen LogP contribution < -0.4 is 15.5 Å². The second-order valence-corrected chi connectivity index (χ2v) is 3.60. The van der Waals surface area contributed by atoms with Crippen molar-refractivity contribution < 1.29 is 4.74 Å². The van der Waals surface area contributed by atoms with Gasteiger partial charge in [0.25, 0.3) is 0 Å². The highest BCUT2D eigenvalue weighted by molar-refractivity contribution is 7.80. The molecule has 1 rings (SSSR count). The van der Waals surface area contributed by atoms with E-state index in [2.05, 4.69) is 10.7 Å². The fourth-order valence-corrected chi connectivity index (χ4v) is 1.34. The number of benzene rings is 1. The molecular weight excluding hydrogens is 210 g/mol. The Bertz CT molecular complexity index is 324. The number of hydrazine groups is 1. The summed E-state index contributed by atoms with van der Waals surface area (Å²) >= 11 is 5.08. The molecule has 2 N–H and O–H groups in total. The van der Waals surface area contributed by atoms with Gasteiger partial charge in [0.1, 0.15) is 5.75 Å². The molecule has 1 aromatic rings. The zero-order valence-electron chi connectivity index (χ0n) is 9.07. The van der Waals surface area contributed by atoms with Gasteiger partial charge in [0.05, 0.1) is 7.11 Å². The summed E-state index contributed by atoms with van der Waals surface area (Å²) in [5.41, 5.74) is 3.87. The molecule has 0 amide bonds. The lowest BCUT2D eigenvalue weighted by Gasteiger charge is -2.15. The van der Waals surface area contributed by atoms with Crippen LogP contribution in [0, 0.1) is 0 Å². The summed E-state index contributed by atoms with van der Waals surface area (Å²) in [6.45, 7) is 0. The third-order valence-corrected chi connectivity index (χ3v) is 1.87. The van der Waals surface area contributed by atoms with Gasteiger partial charge in [-0.15, -0.1) is 0 Å². The largest absolute Gasteiger partial charge is 0.497 e. The molecule has 0 saturated heterocycles. The van der Waals surface area contributed by atoms with Gasteiger partial charge in [0.15, 0.2) is 5.11 Å². The lowest BCUT2D eigenvalue weighted by molar-refractivity contribution is 0.365. The van der Waals surface area contributed by atoms with E-state index in [1.54, 1.807) is 12.1 Å². The molecule has 1 aromatic carbocycles. The highest BCUT2D eigenvalue weighted by atomic mass is 32.1. The van der Waals surface area contributed by atoms with Crippen LogP contribution >= 0.6 is 12.2 Å². The van der Waals surface area contributed by atoms with Crippen molar-refractivity contribution in [3.8, 4) is 5.75 Å². The second-order valence-electron chi connectivity index (χ2n) is 3.19. The van der Waals surface area contributed by atoms with Crippen molar-refractivity contribution in [3.05, 3.63) is 24.3 Å². The van der Waals surface area contributed by atoms with E-state index in [0.29, 0.717) is 5.11 Å². The molecule has 0 fully saturated rings. The van der Waals surface area contributed by atoms with Crippen molar-refractivity contribution in [2.75, 3.05) is 26.5 Å². The van der Waals surface area contributed by atoms with Crippen LogP contribution in [0.15, 0.2) is 24.3 Å². The van der Waals surface area contributed by atoms with E-state index >= 15 is 0 Å². The third kappa shape index (κ3) is 4.14. The molecule has 5 heteroatoms. The molecule has 0 aliphatic carbocycles. The first-order valence-corrected chi connectivity index (χ1v) is 4.91. The summed E-state index contributed by atoms with van der Waals surface area (Å²) in [6.07, 6.45) is 0. The van der Waals surface area contributed by atoms with Gasteiger partial charge in [-0.05, 0) is 36.5 Å². The molecule has 0 spiro atoms. The predicted octanol–water partition coefficient (Wildman–Crippen LogP) is 1.46. The van der Waals surface area contributed by atoms with Gasteiger partial charge in [-0.2, -0.15) is 0 Å². The number of rotatable bonds is 3. The van der Waals surface area contributed by atoms with Crippen LogP contribution in [-0.2, 0) is 0 Å². The monoisotopic (exact) mass is 225 g/mol. The normalized spacial score (nSPS) is 9.87. The molecular formula is C10H15N3OS. The maximum atomic E-state index is 5.08. The van der Waals surface area contributed by atoms with Gasteiger partial charge < -0.3 is 10.1 Å². The minimum absolute atomic E-state index is 0.560. The number of hydrogen-bond acceptors (Lipinski definition) is 3. The van der Waals surface area contributed by atoms with Crippen LogP contribution in [0.25, 0.3) is 0 Å². The molecule has 0 radical (unpaired) electrons. The molecule has 0 heterocycles. The van der Waals surface area contributed by atoms with Crippen molar-refractivity contribution in [2.45, 2.75) is 0 Å². The minimum atomic E-state index is 0.560. The van der Waals surface area contributed by atoms with E-state index in [-0.39, 0.29) is 0 Å². The first kappa shape index (κ1) is 11.7. The number of ether oxygens (including phenoxy) is 1. The quantitative estimate of drug-likeness (QED) is 0.601. The first-order chi connectivity index (χ1) is 7.11. The van der Waals surface area contributed by atoms with E-state index in [4.69, 9.17) is 17.0 Å². The van der Waals surface area contributed by atoms with E-state index in [9.17, 15) is 0 Å². The fraction of sp³-hybridized carbons (Fsp3) is 0.300. The Morgan fingerprint density at radius 3 is 2.33 bits per heavy atom. The van der Waals surface area contributed by atoms with Gasteiger partial charge in [-0.1, -0.05) is 0 Å². The maximum absolute atomic E-state index is 5.08. The van der Waals surface area contributed by atoms with Gasteiger partial charge in [0, 0.05) is 19.8 Å². The van der Waals surface area contributed by atoms with E-state index < -0.39 is 0 Å². The van der Waals surface area contributed by atoms with Gasteiger partial charge >= 0.3 is 0 Å². The van der Waals surface area contributed by atoms with E-state index in [1.165, 1.54) is 0 Å². The standard InChI is InChI=1S/C10H15N3OS/c1-13(2)12-10(15)11-8-4-6-9(14-3)7-5-8/h4-7H,1-3H3,(H2,11,12,15). The minimum Gasteiger partial charge on any atom is -0.497 e. The molecule has 0 aliphatic rings. The van der Waals surface area contributed by atoms with Crippen LogP contribution in [0.4, 0.5) is 5.69 Å². The lowest BCUT2D eigenvalue weighted by Crippen LogP contribution is -2.38. The maximum Gasteiger partial charge on any atom is 0.185 e. The summed E-state index contributed by atoms with van der Waals surface area (Å²) in [6, 6.07) is 7.56. The highest BCUT2D eigenvalue weighted by Gasteiger charge is 1.98. The molecule has 15 heavy (non-hydrogen) atoms. The SMILES string of the molecule is COc1ccc(NC(=S)NN(C)C)cc1. The van der Waals surface area contributed by atoms with Crippen LogP contribution in [0.2, 0.25) is 0 Å². The molecule has 0 aliphatic heterocycles. The Balaban J connectivity index is 2.53. The summed E-state index contributed by atoms with van der Waals surface area (Å²) in [5.74, 6) is 0.826. The summed E-state index contributed by atoms with van der Waals surface area (Å²) in [5, 5.41) is 5.38. The number of nitrogens with zero attached hydrogens (tertiary/aromatic N) is 1. The Labute approximate surface area is 95.2 Å². The van der Waals surface area contributed by atoms with Crippen molar-refractivity contribution in [3.63, 3.8) is 0 Å². The summed E-state index contributed by atoms with van der Waals surface area (Å²) in [7, 11) is 5.39. The molecule has 0 atom stereocenters. The molecule has 0 bridgehead atoms. The molecule has 4 nitrogen and oxygen atoms in total. The Morgan fingerprint density at radius 2 is 1.87 bits per heavy atom. The average Bonchev–Trinajstić information content (AvgIpc) is 2.17. The number of nitrogens with one attached hydrogen (secondary N) is 2. The van der Waals surface area contributed by atoms with Gasteiger partial charge in [0.2, 0.25) is 0 Å². The first-order valence-electron chi connectivity index (χ1n) is 4.51. The summed E-state index contributed by atoms with van der Waals surface area (Å²) in [4.78, 5) is 0. The smallest absolute Gasteiger partial charge is 0.185 e. The second kappa shape index (κ2) is 5.53. The highest BCUT2D eigenvalue weighted by Crippen LogP contribution is 2.14. The van der Waals surface area contributed by atoms with Crippen molar-refractivity contribution in [1.82, 2.24) is 10.4 Å². The summed E-state index contributed by atoms with van der Waals surface area (Å²) < 4.78 is 5.05. The number of anilines is 1. The van der Waals surface area contributed by atoms with Crippen LogP contribution in [-0.4, -0.2) is 31.3 Å². The van der Waals surface area contributed by atoms with Crippen LogP contribution in [0.1, 0.15) is 0 Å². The Morgan fingerprint density at radius 1 is 1.27 bits per heavy atom. The van der Waals surface area contributed by atoms with Gasteiger partial charge in [-0.3, -0.25) is 5.43 Å². The predicted molar refractivity (Wildman–Crippen MR) is 66.0 cm³/mol. The van der Waals surface area contributed by atoms with Crippen molar-refractivity contribution >= 4 is 23.0 Å². The van der Waals surface area contributed by atoms with E-state index in [0.717, 1.165) is 11.4 Å². The number of thiocarbonyl (C=S) groups is 1. The van der Waals surface area contributed by atoms with Crippen LogP contribution in [0.5, 0.6) is 5.75 Å². The van der Waals surface area contributed by atoms with Gasteiger partial charge in [-0.25, -0.2) is 5.01 Å².